The Labute approximate surface area is 127 Å². The van der Waals surface area contributed by atoms with Gasteiger partial charge in [-0.05, 0) is 30.6 Å². The zero-order valence-corrected chi connectivity index (χ0v) is 14.6. The van der Waals surface area contributed by atoms with Crippen LogP contribution in [0.4, 0.5) is 4.79 Å². The second kappa shape index (κ2) is 4.84. The Kier molecular flexibility index (Phi) is 3.70. The van der Waals surface area contributed by atoms with Crippen LogP contribution in [0.25, 0.3) is 0 Å². The first-order chi connectivity index (χ1) is 9.45. The van der Waals surface area contributed by atoms with Crippen LogP contribution in [0, 0.1) is 0 Å². The average Bonchev–Trinajstić information content (AvgIpc) is 2.52. The summed E-state index contributed by atoms with van der Waals surface area (Å²) in [5, 5.41) is 1.45. The van der Waals surface area contributed by atoms with E-state index < -0.39 is 20.3 Å². The van der Waals surface area contributed by atoms with Gasteiger partial charge in [-0.3, -0.25) is 4.79 Å². The van der Waals surface area contributed by atoms with Crippen molar-refractivity contribution in [3.05, 3.63) is 11.6 Å². The van der Waals surface area contributed by atoms with Gasteiger partial charge >= 0.3 is 6.03 Å². The summed E-state index contributed by atoms with van der Waals surface area (Å²) in [6.45, 7) is 12.9. The van der Waals surface area contributed by atoms with Crippen LogP contribution in [0.3, 0.4) is 0 Å². The number of carbonyl (C=O) groups excluding carboxylic acids is 2. The molecule has 2 N–H and O–H groups in total. The van der Waals surface area contributed by atoms with E-state index in [1.54, 1.807) is 0 Å². The van der Waals surface area contributed by atoms with Gasteiger partial charge in [0.1, 0.15) is 6.04 Å². The summed E-state index contributed by atoms with van der Waals surface area (Å²) in [6, 6.07) is -1.05. The molecule has 0 aromatic carbocycles. The first-order valence-electron chi connectivity index (χ1n) is 7.22. The first kappa shape index (κ1) is 16.0. The lowest BCUT2D eigenvalue weighted by Crippen LogP contribution is -2.50. The van der Waals surface area contributed by atoms with E-state index in [0.717, 1.165) is 5.57 Å². The number of carbonyl (C=O) groups is 2. The molecule has 3 amide bonds. The highest BCUT2D eigenvalue weighted by molar-refractivity contribution is 6.74. The summed E-state index contributed by atoms with van der Waals surface area (Å²) in [4.78, 5) is 25.7. The molecule has 0 aliphatic carbocycles. The van der Waals surface area contributed by atoms with Gasteiger partial charge in [0.15, 0.2) is 0 Å². The Morgan fingerprint density at radius 3 is 2.48 bits per heavy atom. The maximum absolute atomic E-state index is 12.6. The lowest BCUT2D eigenvalue weighted by molar-refractivity contribution is -0.121. The maximum Gasteiger partial charge on any atom is 0.344 e. The third-order valence-electron chi connectivity index (χ3n) is 4.72. The Morgan fingerprint density at radius 1 is 1.43 bits per heavy atom. The zero-order valence-electron chi connectivity index (χ0n) is 13.6. The molecule has 7 heteroatoms. The monoisotopic (exact) mass is 311 g/mol. The Morgan fingerprint density at radius 2 is 2.00 bits per heavy atom. The van der Waals surface area contributed by atoms with E-state index in [2.05, 4.69) is 33.9 Å². The molecule has 2 heterocycles. The van der Waals surface area contributed by atoms with E-state index in [0.29, 0.717) is 6.54 Å². The number of rotatable bonds is 3. The quantitative estimate of drug-likeness (QED) is 0.638. The van der Waals surface area contributed by atoms with Crippen LogP contribution in [0.5, 0.6) is 0 Å². The van der Waals surface area contributed by atoms with Gasteiger partial charge in [0.05, 0.1) is 12.6 Å². The molecule has 0 spiro atoms. The van der Waals surface area contributed by atoms with Crippen molar-refractivity contribution in [2.75, 3.05) is 6.54 Å². The number of primary amides is 1. The number of hydrogen-bond donors (Lipinski definition) is 1. The SMILES string of the molecule is CC1=C[C@@H]2CN(C(=O)N2O[Si](C)(C)C(C)(C)C)[C@@H]1C(N)=O. The molecule has 1 fully saturated rings. The topological polar surface area (TPSA) is 75.9 Å². The standard InChI is InChI=1S/C14H25N3O3Si/c1-9-7-10-8-16(11(9)12(15)18)13(19)17(10)20-21(5,6)14(2,3)4/h7,10-11H,8H2,1-6H3,(H2,15,18)/t10-,11+/m1/s1. The van der Waals surface area contributed by atoms with E-state index in [4.69, 9.17) is 10.3 Å². The second-order valence-corrected chi connectivity index (χ2v) is 12.1. The Bertz CT molecular complexity index is 510. The zero-order chi connectivity index (χ0) is 16.2. The fraction of sp³-hybridized carbons (Fsp3) is 0.714. The molecule has 1 saturated heterocycles. The van der Waals surface area contributed by atoms with Crippen molar-refractivity contribution in [3.63, 3.8) is 0 Å². The van der Waals surface area contributed by atoms with Crippen molar-refractivity contribution in [3.8, 4) is 0 Å². The van der Waals surface area contributed by atoms with Gasteiger partial charge in [0, 0.05) is 0 Å². The third kappa shape index (κ3) is 2.60. The molecule has 2 aliphatic rings. The van der Waals surface area contributed by atoms with Gasteiger partial charge in [0.25, 0.3) is 0 Å². The number of amides is 3. The lowest BCUT2D eigenvalue weighted by Gasteiger charge is -2.39. The highest BCUT2D eigenvalue weighted by atomic mass is 28.4. The molecule has 0 aromatic rings. The molecule has 118 valence electrons. The minimum atomic E-state index is -2.11. The van der Waals surface area contributed by atoms with Crippen LogP contribution in [0.15, 0.2) is 11.6 Å². The van der Waals surface area contributed by atoms with Gasteiger partial charge < -0.3 is 15.2 Å². The Balaban J connectivity index is 2.27. The number of fused-ring (bicyclic) bond motifs is 2. The average molecular weight is 311 g/mol. The number of hydroxylamine groups is 2. The predicted molar refractivity (Wildman–Crippen MR) is 82.8 cm³/mol. The van der Waals surface area contributed by atoms with Crippen molar-refractivity contribution in [2.24, 2.45) is 5.73 Å². The predicted octanol–water partition coefficient (Wildman–Crippen LogP) is 1.84. The first-order valence-corrected chi connectivity index (χ1v) is 10.1. The molecule has 0 aromatic heterocycles. The molecule has 2 bridgehead atoms. The summed E-state index contributed by atoms with van der Waals surface area (Å²) in [5.41, 5.74) is 6.24. The molecule has 21 heavy (non-hydrogen) atoms. The van der Waals surface area contributed by atoms with Crippen LogP contribution < -0.4 is 5.73 Å². The fourth-order valence-corrected chi connectivity index (χ4v) is 3.45. The molecular formula is C14H25N3O3Si. The second-order valence-electron chi connectivity index (χ2n) is 7.40. The highest BCUT2D eigenvalue weighted by Crippen LogP contribution is 2.39. The van der Waals surface area contributed by atoms with E-state index in [9.17, 15) is 9.59 Å². The largest absolute Gasteiger partial charge is 0.368 e. The molecule has 0 saturated carbocycles. The molecule has 2 aliphatic heterocycles. The van der Waals surface area contributed by atoms with Crippen molar-refractivity contribution >= 4 is 20.3 Å². The number of urea groups is 1. The molecule has 2 atom stereocenters. The van der Waals surface area contributed by atoms with Crippen LogP contribution in [-0.2, 0) is 9.32 Å². The maximum atomic E-state index is 12.6. The van der Waals surface area contributed by atoms with E-state index in [1.165, 1.54) is 9.96 Å². The van der Waals surface area contributed by atoms with Gasteiger partial charge in [-0.25, -0.2) is 9.86 Å². The van der Waals surface area contributed by atoms with Crippen LogP contribution >= 0.6 is 0 Å². The summed E-state index contributed by atoms with van der Waals surface area (Å²) in [5.74, 6) is -0.496. The number of nitrogens with two attached hydrogens (primary N) is 1. The van der Waals surface area contributed by atoms with Crippen LogP contribution in [0.1, 0.15) is 27.7 Å². The number of hydrogen-bond acceptors (Lipinski definition) is 3. The van der Waals surface area contributed by atoms with E-state index in [1.807, 2.05) is 13.0 Å². The minimum Gasteiger partial charge on any atom is -0.368 e. The van der Waals surface area contributed by atoms with Gasteiger partial charge in [-0.15, -0.1) is 0 Å². The lowest BCUT2D eigenvalue weighted by atomic mass is 10.0. The minimum absolute atomic E-state index is 0.00114. The molecule has 0 radical (unpaired) electrons. The van der Waals surface area contributed by atoms with Crippen molar-refractivity contribution in [1.29, 1.82) is 0 Å². The molecule has 6 nitrogen and oxygen atoms in total. The summed E-state index contributed by atoms with van der Waals surface area (Å²) in [7, 11) is -2.11. The van der Waals surface area contributed by atoms with Gasteiger partial charge in [-0.1, -0.05) is 26.8 Å². The molecule has 0 unspecified atom stereocenters. The van der Waals surface area contributed by atoms with Crippen LogP contribution in [-0.4, -0.2) is 48.8 Å². The van der Waals surface area contributed by atoms with Crippen molar-refractivity contribution in [1.82, 2.24) is 9.96 Å². The summed E-state index contributed by atoms with van der Waals surface area (Å²) >= 11 is 0. The smallest absolute Gasteiger partial charge is 0.344 e. The van der Waals surface area contributed by atoms with Crippen molar-refractivity contribution in [2.45, 2.75) is 57.9 Å². The van der Waals surface area contributed by atoms with Gasteiger partial charge in [0.2, 0.25) is 14.2 Å². The molecular weight excluding hydrogens is 286 g/mol. The third-order valence-corrected chi connectivity index (χ3v) is 8.99. The summed E-state index contributed by atoms with van der Waals surface area (Å²) < 4.78 is 6.15. The molecule has 2 rings (SSSR count). The number of nitrogens with zero attached hydrogens (tertiary/aromatic N) is 2. The van der Waals surface area contributed by atoms with Gasteiger partial charge in [-0.2, -0.15) is 0 Å². The fourth-order valence-electron chi connectivity index (χ4n) is 2.47. The van der Waals surface area contributed by atoms with Crippen molar-refractivity contribution < 1.29 is 14.1 Å². The van der Waals surface area contributed by atoms with E-state index in [-0.39, 0.29) is 17.1 Å². The Hall–Kier alpha value is -1.34. The highest BCUT2D eigenvalue weighted by Gasteiger charge is 2.50. The normalized spacial score (nSPS) is 26.2. The van der Waals surface area contributed by atoms with Crippen LogP contribution in [0.2, 0.25) is 18.1 Å². The van der Waals surface area contributed by atoms with E-state index >= 15 is 0 Å². The summed E-state index contributed by atoms with van der Waals surface area (Å²) in [6.07, 6.45) is 1.92.